The summed E-state index contributed by atoms with van der Waals surface area (Å²) in [6, 6.07) is 0.601. The van der Waals surface area contributed by atoms with Crippen LogP contribution in [0.25, 0.3) is 10.2 Å². The fraction of sp³-hybridized carbons (Fsp3) is 0.700. The fourth-order valence-corrected chi connectivity index (χ4v) is 6.11. The van der Waals surface area contributed by atoms with Gasteiger partial charge in [0.25, 0.3) is 0 Å². The van der Waals surface area contributed by atoms with Crippen molar-refractivity contribution in [2.24, 2.45) is 0 Å². The van der Waals surface area contributed by atoms with E-state index in [2.05, 4.69) is 44.0 Å². The van der Waals surface area contributed by atoms with Crippen molar-refractivity contribution in [3.05, 3.63) is 16.8 Å². The summed E-state index contributed by atoms with van der Waals surface area (Å²) in [6.45, 7) is 3.67. The summed E-state index contributed by atoms with van der Waals surface area (Å²) in [5.74, 6) is 1.35. The minimum absolute atomic E-state index is 0.255. The first-order chi connectivity index (χ1) is 13.2. The van der Waals surface area contributed by atoms with Gasteiger partial charge in [-0.05, 0) is 70.4 Å². The summed E-state index contributed by atoms with van der Waals surface area (Å²) in [5, 5.41) is 1.18. The summed E-state index contributed by atoms with van der Waals surface area (Å²) in [5.41, 5.74) is 1.44. The molecule has 0 amide bonds. The molecule has 0 aromatic carbocycles. The molecule has 4 rings (SSSR count). The second-order valence-corrected chi connectivity index (χ2v) is 9.79. The van der Waals surface area contributed by atoms with Crippen LogP contribution in [0.1, 0.15) is 61.8 Å². The minimum atomic E-state index is 0.255. The third-order valence-corrected chi connectivity index (χ3v) is 7.69. The smallest absolute Gasteiger partial charge is 0.225 e. The summed E-state index contributed by atoms with van der Waals surface area (Å²) in [7, 11) is 2.09. The Morgan fingerprint density at radius 1 is 1.22 bits per heavy atom. The van der Waals surface area contributed by atoms with E-state index >= 15 is 0 Å². The highest BCUT2D eigenvalue weighted by Gasteiger charge is 2.31. The number of hydrogen-bond acceptors (Lipinski definition) is 6. The first-order valence-electron chi connectivity index (χ1n) is 10.1. The molecule has 0 radical (unpaired) electrons. The van der Waals surface area contributed by atoms with E-state index in [0.29, 0.717) is 12.0 Å². The van der Waals surface area contributed by atoms with Gasteiger partial charge in [0.1, 0.15) is 17.3 Å². The first-order valence-corrected chi connectivity index (χ1v) is 11.6. The third-order valence-electron chi connectivity index (χ3n) is 5.94. The van der Waals surface area contributed by atoms with E-state index in [-0.39, 0.29) is 6.10 Å². The summed E-state index contributed by atoms with van der Waals surface area (Å²) in [6.07, 6.45) is 9.80. The van der Waals surface area contributed by atoms with Crippen molar-refractivity contribution < 1.29 is 9.47 Å². The molecule has 2 heterocycles. The molecule has 0 aliphatic heterocycles. The Bertz CT molecular complexity index is 774. The molecule has 7 heteroatoms. The second kappa shape index (κ2) is 8.72. The van der Waals surface area contributed by atoms with E-state index in [1.165, 1.54) is 22.2 Å². The standard InChI is InChI=1S/C20H28BrN3O2S/c1-3-25-11-10-13-4-9-16-17(13)18-19(22-12-23-20(18)27-16)26-15-7-5-14(6-8-15)24(2)21/h12-15H,3-11H2,1-2H3. The molecule has 1 unspecified atom stereocenters. The number of halogens is 1. The number of fused-ring (bicyclic) bond motifs is 3. The molecule has 27 heavy (non-hydrogen) atoms. The highest BCUT2D eigenvalue weighted by molar-refractivity contribution is 9.07. The van der Waals surface area contributed by atoms with Gasteiger partial charge >= 0.3 is 0 Å². The van der Waals surface area contributed by atoms with Crippen LogP contribution in [0, 0.1) is 0 Å². The van der Waals surface area contributed by atoms with Gasteiger partial charge in [0.05, 0.1) is 5.39 Å². The van der Waals surface area contributed by atoms with Crippen molar-refractivity contribution in [1.29, 1.82) is 0 Å². The maximum atomic E-state index is 6.44. The van der Waals surface area contributed by atoms with Crippen LogP contribution in [0.5, 0.6) is 5.88 Å². The Morgan fingerprint density at radius 2 is 2.04 bits per heavy atom. The third kappa shape index (κ3) is 4.16. The molecular formula is C20H28BrN3O2S. The lowest BCUT2D eigenvalue weighted by Gasteiger charge is -2.31. The number of aryl methyl sites for hydroxylation is 1. The second-order valence-electron chi connectivity index (χ2n) is 7.59. The van der Waals surface area contributed by atoms with Crippen LogP contribution in [-0.4, -0.2) is 46.3 Å². The number of nitrogens with zero attached hydrogens (tertiary/aromatic N) is 3. The number of hydrogen-bond donors (Lipinski definition) is 0. The monoisotopic (exact) mass is 453 g/mol. The number of rotatable bonds is 7. The van der Waals surface area contributed by atoms with E-state index < -0.39 is 0 Å². The van der Waals surface area contributed by atoms with Gasteiger partial charge in [0.15, 0.2) is 0 Å². The average Bonchev–Trinajstić information content (AvgIpc) is 3.22. The predicted octanol–water partition coefficient (Wildman–Crippen LogP) is 5.08. The Kier molecular flexibility index (Phi) is 6.31. The maximum Gasteiger partial charge on any atom is 0.225 e. The molecule has 148 valence electrons. The Morgan fingerprint density at radius 3 is 2.78 bits per heavy atom. The molecule has 2 aromatic rings. The highest BCUT2D eigenvalue weighted by atomic mass is 79.9. The van der Waals surface area contributed by atoms with Crippen molar-refractivity contribution in [1.82, 2.24) is 13.9 Å². The molecule has 0 bridgehead atoms. The Labute approximate surface area is 173 Å². The largest absolute Gasteiger partial charge is 0.474 e. The summed E-state index contributed by atoms with van der Waals surface area (Å²) in [4.78, 5) is 11.7. The zero-order valence-corrected chi connectivity index (χ0v) is 18.5. The maximum absolute atomic E-state index is 6.44. The molecule has 1 saturated carbocycles. The van der Waals surface area contributed by atoms with Gasteiger partial charge in [-0.15, -0.1) is 11.3 Å². The number of ether oxygens (including phenoxy) is 2. The lowest BCUT2D eigenvalue weighted by Crippen LogP contribution is -2.33. The van der Waals surface area contributed by atoms with Crippen molar-refractivity contribution in [2.45, 2.75) is 69.9 Å². The molecule has 2 aliphatic rings. The SMILES string of the molecule is CCOCCC1CCc2sc3ncnc(OC4CCC(N(C)Br)CC4)c3c21. The number of aromatic nitrogens is 2. The minimum Gasteiger partial charge on any atom is -0.474 e. The number of thiophene rings is 1. The highest BCUT2D eigenvalue weighted by Crippen LogP contribution is 2.47. The van der Waals surface area contributed by atoms with Gasteiger partial charge in [-0.1, -0.05) is 0 Å². The molecular weight excluding hydrogens is 426 g/mol. The van der Waals surface area contributed by atoms with E-state index in [9.17, 15) is 0 Å². The molecule has 0 N–H and O–H groups in total. The lowest BCUT2D eigenvalue weighted by atomic mass is 9.93. The predicted molar refractivity (Wildman–Crippen MR) is 113 cm³/mol. The molecule has 2 aliphatic carbocycles. The van der Waals surface area contributed by atoms with Crippen LogP contribution in [0.15, 0.2) is 6.33 Å². The lowest BCUT2D eigenvalue weighted by molar-refractivity contribution is 0.125. The van der Waals surface area contributed by atoms with Crippen molar-refractivity contribution in [3.8, 4) is 5.88 Å². The quantitative estimate of drug-likeness (QED) is 0.431. The van der Waals surface area contributed by atoms with Gasteiger partial charge in [-0.25, -0.2) is 13.9 Å². The van der Waals surface area contributed by atoms with E-state index in [4.69, 9.17) is 9.47 Å². The van der Waals surface area contributed by atoms with Crippen molar-refractivity contribution in [3.63, 3.8) is 0 Å². The van der Waals surface area contributed by atoms with Crippen LogP contribution in [0.3, 0.4) is 0 Å². The molecule has 5 nitrogen and oxygen atoms in total. The van der Waals surface area contributed by atoms with Crippen LogP contribution in [0.4, 0.5) is 0 Å². The Hall–Kier alpha value is -0.760. The van der Waals surface area contributed by atoms with Crippen LogP contribution < -0.4 is 4.74 Å². The summed E-state index contributed by atoms with van der Waals surface area (Å²) >= 11 is 5.40. The zero-order chi connectivity index (χ0) is 18.8. The molecule has 1 fully saturated rings. The van der Waals surface area contributed by atoms with Crippen LogP contribution >= 0.6 is 27.5 Å². The van der Waals surface area contributed by atoms with Crippen LogP contribution in [0.2, 0.25) is 0 Å². The van der Waals surface area contributed by atoms with Gasteiger partial charge in [0.2, 0.25) is 5.88 Å². The van der Waals surface area contributed by atoms with Gasteiger partial charge in [-0.3, -0.25) is 0 Å². The van der Waals surface area contributed by atoms with E-state index in [1.807, 2.05) is 11.3 Å². The van der Waals surface area contributed by atoms with Crippen molar-refractivity contribution in [2.75, 3.05) is 20.3 Å². The fourth-order valence-electron chi connectivity index (χ4n) is 4.47. The molecule has 1 atom stereocenters. The van der Waals surface area contributed by atoms with Crippen molar-refractivity contribution >= 4 is 37.7 Å². The van der Waals surface area contributed by atoms with Gasteiger partial charge in [-0.2, -0.15) is 0 Å². The molecule has 0 saturated heterocycles. The molecule has 2 aromatic heterocycles. The van der Waals surface area contributed by atoms with Crippen LogP contribution in [-0.2, 0) is 11.2 Å². The van der Waals surface area contributed by atoms with Gasteiger partial charge < -0.3 is 9.47 Å². The Balaban J connectivity index is 1.54. The normalized spacial score (nSPS) is 25.3. The topological polar surface area (TPSA) is 47.5 Å². The van der Waals surface area contributed by atoms with E-state index in [1.54, 1.807) is 6.33 Å². The zero-order valence-electron chi connectivity index (χ0n) is 16.1. The average molecular weight is 454 g/mol. The summed E-state index contributed by atoms with van der Waals surface area (Å²) < 4.78 is 14.2. The van der Waals surface area contributed by atoms with E-state index in [0.717, 1.165) is 62.4 Å². The van der Waals surface area contributed by atoms with Gasteiger partial charge in [0, 0.05) is 40.3 Å². The first kappa shape index (κ1) is 19.6. The molecule has 0 spiro atoms.